The Morgan fingerprint density at radius 3 is 2.83 bits per heavy atom. The fourth-order valence-corrected chi connectivity index (χ4v) is 3.56. The average molecular weight is 333 g/mol. The zero-order chi connectivity index (χ0) is 16.4. The number of carboxylic acid groups (broad SMARTS) is 1. The molecule has 3 rings (SSSR count). The topological polar surface area (TPSA) is 82.5 Å². The van der Waals surface area contributed by atoms with E-state index in [-0.39, 0.29) is 18.0 Å². The van der Waals surface area contributed by atoms with Crippen molar-refractivity contribution < 1.29 is 14.7 Å². The third-order valence-electron chi connectivity index (χ3n) is 4.33. The molecule has 2 aromatic rings. The van der Waals surface area contributed by atoms with E-state index < -0.39 is 5.97 Å². The minimum atomic E-state index is -0.767. The monoisotopic (exact) mass is 333 g/mol. The Labute approximate surface area is 138 Å². The minimum absolute atomic E-state index is 0.105. The van der Waals surface area contributed by atoms with Crippen molar-refractivity contribution in [1.29, 1.82) is 0 Å². The molecule has 23 heavy (non-hydrogen) atoms. The summed E-state index contributed by atoms with van der Waals surface area (Å²) in [6, 6.07) is 5.75. The number of aliphatic carboxylic acids is 1. The quantitative estimate of drug-likeness (QED) is 0.905. The standard InChI is InChI=1S/C16H19N3O3S/c1-10(12-2-3-13-14(8-12)23-9-17-13)18-16(22)19-6-4-11(5-7-19)15(20)21/h2-3,8-11H,4-7H2,1H3,(H,18,22)(H,20,21). The third-order valence-corrected chi connectivity index (χ3v) is 5.12. The largest absolute Gasteiger partial charge is 0.481 e. The Kier molecular flexibility index (Phi) is 4.47. The Balaban J connectivity index is 1.60. The fourth-order valence-electron chi connectivity index (χ4n) is 2.83. The van der Waals surface area contributed by atoms with E-state index in [0.717, 1.165) is 15.8 Å². The number of hydrogen-bond acceptors (Lipinski definition) is 4. The molecule has 2 heterocycles. The summed E-state index contributed by atoms with van der Waals surface area (Å²) in [6.07, 6.45) is 1.04. The van der Waals surface area contributed by atoms with Gasteiger partial charge in [-0.25, -0.2) is 9.78 Å². The van der Waals surface area contributed by atoms with E-state index in [4.69, 9.17) is 5.11 Å². The summed E-state index contributed by atoms with van der Waals surface area (Å²) in [4.78, 5) is 29.2. The number of benzene rings is 1. The van der Waals surface area contributed by atoms with Crippen LogP contribution in [0.2, 0.25) is 0 Å². The van der Waals surface area contributed by atoms with Gasteiger partial charge in [-0.1, -0.05) is 6.07 Å². The molecule has 2 amide bonds. The zero-order valence-corrected chi connectivity index (χ0v) is 13.7. The second-order valence-electron chi connectivity index (χ2n) is 5.85. The van der Waals surface area contributed by atoms with Gasteiger partial charge >= 0.3 is 12.0 Å². The second kappa shape index (κ2) is 6.54. The molecule has 1 aliphatic rings. The number of thiazole rings is 1. The predicted molar refractivity (Wildman–Crippen MR) is 88.5 cm³/mol. The summed E-state index contributed by atoms with van der Waals surface area (Å²) >= 11 is 1.58. The average Bonchev–Trinajstić information content (AvgIpc) is 3.02. The van der Waals surface area contributed by atoms with Gasteiger partial charge in [-0.05, 0) is 37.5 Å². The molecule has 1 aromatic carbocycles. The molecule has 2 N–H and O–H groups in total. The number of carboxylic acids is 1. The van der Waals surface area contributed by atoms with Gasteiger partial charge in [0.25, 0.3) is 0 Å². The highest BCUT2D eigenvalue weighted by Crippen LogP contribution is 2.23. The number of urea groups is 1. The van der Waals surface area contributed by atoms with Crippen molar-refractivity contribution in [3.8, 4) is 0 Å². The first kappa shape index (κ1) is 15.7. The minimum Gasteiger partial charge on any atom is -0.481 e. The number of aromatic nitrogens is 1. The molecule has 0 radical (unpaired) electrons. The number of likely N-dealkylation sites (tertiary alicyclic amines) is 1. The second-order valence-corrected chi connectivity index (χ2v) is 6.74. The van der Waals surface area contributed by atoms with Gasteiger partial charge in [0.1, 0.15) is 0 Å². The van der Waals surface area contributed by atoms with Crippen LogP contribution in [-0.2, 0) is 4.79 Å². The summed E-state index contributed by atoms with van der Waals surface area (Å²) in [6.45, 7) is 2.93. The fraction of sp³-hybridized carbons (Fsp3) is 0.438. The van der Waals surface area contributed by atoms with Crippen molar-refractivity contribution in [2.24, 2.45) is 5.92 Å². The first-order valence-electron chi connectivity index (χ1n) is 7.66. The van der Waals surface area contributed by atoms with Crippen molar-refractivity contribution in [2.75, 3.05) is 13.1 Å². The molecule has 0 saturated carbocycles. The Morgan fingerprint density at radius 2 is 2.13 bits per heavy atom. The van der Waals surface area contributed by atoms with Crippen LogP contribution in [-0.4, -0.2) is 40.1 Å². The highest BCUT2D eigenvalue weighted by Gasteiger charge is 2.27. The van der Waals surface area contributed by atoms with Gasteiger partial charge in [0, 0.05) is 13.1 Å². The molecule has 7 heteroatoms. The third kappa shape index (κ3) is 3.44. The van der Waals surface area contributed by atoms with E-state index in [2.05, 4.69) is 16.4 Å². The molecule has 1 atom stereocenters. The van der Waals surface area contributed by atoms with Crippen LogP contribution < -0.4 is 5.32 Å². The summed E-state index contributed by atoms with van der Waals surface area (Å²) in [5, 5.41) is 12.0. The maximum atomic E-state index is 12.3. The summed E-state index contributed by atoms with van der Waals surface area (Å²) < 4.78 is 1.10. The molecule has 1 fully saturated rings. The molecule has 1 unspecified atom stereocenters. The van der Waals surface area contributed by atoms with Crippen molar-refractivity contribution >= 4 is 33.6 Å². The highest BCUT2D eigenvalue weighted by atomic mass is 32.1. The first-order valence-corrected chi connectivity index (χ1v) is 8.54. The SMILES string of the molecule is CC(NC(=O)N1CCC(C(=O)O)CC1)c1ccc2ncsc2c1. The molecule has 1 aliphatic heterocycles. The van der Waals surface area contributed by atoms with E-state index in [1.54, 1.807) is 16.2 Å². The number of amides is 2. The number of carbonyl (C=O) groups excluding carboxylic acids is 1. The molecular weight excluding hydrogens is 314 g/mol. The van der Waals surface area contributed by atoms with Crippen LogP contribution in [0.25, 0.3) is 10.2 Å². The van der Waals surface area contributed by atoms with E-state index in [0.29, 0.717) is 25.9 Å². The first-order chi connectivity index (χ1) is 11.0. The summed E-state index contributed by atoms with van der Waals surface area (Å²) in [5.74, 6) is -1.10. The van der Waals surface area contributed by atoms with Gasteiger partial charge in [0.05, 0.1) is 27.7 Å². The zero-order valence-electron chi connectivity index (χ0n) is 12.9. The molecule has 6 nitrogen and oxygen atoms in total. The maximum Gasteiger partial charge on any atom is 0.317 e. The van der Waals surface area contributed by atoms with Gasteiger partial charge in [-0.2, -0.15) is 0 Å². The van der Waals surface area contributed by atoms with Crippen LogP contribution in [0.15, 0.2) is 23.7 Å². The van der Waals surface area contributed by atoms with Crippen LogP contribution in [0.5, 0.6) is 0 Å². The van der Waals surface area contributed by atoms with Crippen molar-refractivity contribution in [3.05, 3.63) is 29.3 Å². The number of carbonyl (C=O) groups is 2. The maximum absolute atomic E-state index is 12.3. The van der Waals surface area contributed by atoms with Gasteiger partial charge in [0.2, 0.25) is 0 Å². The number of rotatable bonds is 3. The molecule has 1 aromatic heterocycles. The number of nitrogens with zero attached hydrogens (tertiary/aromatic N) is 2. The van der Waals surface area contributed by atoms with Gasteiger partial charge in [-0.3, -0.25) is 4.79 Å². The lowest BCUT2D eigenvalue weighted by Gasteiger charge is -2.31. The normalized spacial score (nSPS) is 17.2. The van der Waals surface area contributed by atoms with Crippen molar-refractivity contribution in [2.45, 2.75) is 25.8 Å². The van der Waals surface area contributed by atoms with Crippen molar-refractivity contribution in [1.82, 2.24) is 15.2 Å². The molecular formula is C16H19N3O3S. The van der Waals surface area contributed by atoms with E-state index in [1.807, 2.05) is 24.6 Å². The van der Waals surface area contributed by atoms with Crippen LogP contribution in [0, 0.1) is 5.92 Å². The Morgan fingerprint density at radius 1 is 1.39 bits per heavy atom. The molecule has 0 bridgehead atoms. The highest BCUT2D eigenvalue weighted by molar-refractivity contribution is 7.16. The van der Waals surface area contributed by atoms with E-state index in [9.17, 15) is 9.59 Å². The van der Waals surface area contributed by atoms with Gasteiger partial charge in [0.15, 0.2) is 0 Å². The van der Waals surface area contributed by atoms with Crippen LogP contribution >= 0.6 is 11.3 Å². The van der Waals surface area contributed by atoms with E-state index >= 15 is 0 Å². The number of fused-ring (bicyclic) bond motifs is 1. The lowest BCUT2D eigenvalue weighted by molar-refractivity contribution is -0.143. The molecule has 0 aliphatic carbocycles. The van der Waals surface area contributed by atoms with E-state index in [1.165, 1.54) is 0 Å². The van der Waals surface area contributed by atoms with Gasteiger partial charge in [-0.15, -0.1) is 11.3 Å². The van der Waals surface area contributed by atoms with Crippen LogP contribution in [0.4, 0.5) is 4.79 Å². The van der Waals surface area contributed by atoms with Gasteiger partial charge < -0.3 is 15.3 Å². The molecule has 1 saturated heterocycles. The lowest BCUT2D eigenvalue weighted by atomic mass is 9.97. The molecule has 122 valence electrons. The smallest absolute Gasteiger partial charge is 0.317 e. The summed E-state index contributed by atoms with van der Waals surface area (Å²) in [5.41, 5.74) is 3.81. The number of hydrogen-bond donors (Lipinski definition) is 2. The summed E-state index contributed by atoms with van der Waals surface area (Å²) in [7, 11) is 0. The molecule has 0 spiro atoms. The van der Waals surface area contributed by atoms with Crippen LogP contribution in [0.3, 0.4) is 0 Å². The Hall–Kier alpha value is -2.15. The predicted octanol–water partition coefficient (Wildman–Crippen LogP) is 2.86. The lowest BCUT2D eigenvalue weighted by Crippen LogP contribution is -2.46. The van der Waals surface area contributed by atoms with Crippen molar-refractivity contribution in [3.63, 3.8) is 0 Å². The number of piperidine rings is 1. The Bertz CT molecular complexity index is 722. The van der Waals surface area contributed by atoms with Crippen LogP contribution in [0.1, 0.15) is 31.4 Å². The number of nitrogens with one attached hydrogen (secondary N) is 1.